The third kappa shape index (κ3) is 3.66. The first kappa shape index (κ1) is 20.4. The molecule has 4 heterocycles. The molecule has 9 heteroatoms. The minimum absolute atomic E-state index is 0.107. The van der Waals surface area contributed by atoms with E-state index in [4.69, 9.17) is 4.98 Å². The van der Waals surface area contributed by atoms with Gasteiger partial charge in [-0.3, -0.25) is 4.79 Å². The van der Waals surface area contributed by atoms with Crippen LogP contribution in [0.25, 0.3) is 16.5 Å². The molecule has 0 saturated heterocycles. The Labute approximate surface area is 183 Å². The number of carbonyl (C=O) groups is 1. The Bertz CT molecular complexity index is 1190. The predicted molar refractivity (Wildman–Crippen MR) is 119 cm³/mol. The van der Waals surface area contributed by atoms with Crippen LogP contribution in [0.15, 0.2) is 35.3 Å². The lowest BCUT2D eigenvalue weighted by atomic mass is 10.2. The van der Waals surface area contributed by atoms with Crippen LogP contribution in [0.1, 0.15) is 45.3 Å². The number of thiophene rings is 1. The topological polar surface area (TPSA) is 76.8 Å². The fourth-order valence-electron chi connectivity index (χ4n) is 3.11. The van der Waals surface area contributed by atoms with Crippen molar-refractivity contribution in [3.05, 3.63) is 62.8 Å². The van der Waals surface area contributed by atoms with Crippen molar-refractivity contribution in [2.24, 2.45) is 0 Å². The van der Waals surface area contributed by atoms with Crippen molar-refractivity contribution >= 4 is 28.6 Å². The molecule has 1 atom stereocenters. The predicted octanol–water partition coefficient (Wildman–Crippen LogP) is 4.61. The Morgan fingerprint density at radius 3 is 2.63 bits per heavy atom. The summed E-state index contributed by atoms with van der Waals surface area (Å²) in [6, 6.07) is 3.91. The van der Waals surface area contributed by atoms with Crippen LogP contribution in [0.2, 0.25) is 0 Å². The maximum atomic E-state index is 13.1. The van der Waals surface area contributed by atoms with E-state index < -0.39 is 0 Å². The van der Waals surface area contributed by atoms with Crippen LogP contribution >= 0.6 is 22.7 Å². The second-order valence-electron chi connectivity index (χ2n) is 7.15. The zero-order valence-electron chi connectivity index (χ0n) is 17.4. The molecule has 4 aromatic rings. The molecule has 0 N–H and O–H groups in total. The number of thiazole rings is 1. The standard InChI is InChI=1S/C21H22N6OS2/c1-12-9-22-21(25-18(12)17-7-6-8-29-17)27-14(3)16(10-23-27)20(28)26(5)15(4)19-24-13(2)11-30-19/h6-11,15H,1-5H3. The van der Waals surface area contributed by atoms with E-state index in [0.29, 0.717) is 17.2 Å². The third-order valence-electron chi connectivity index (χ3n) is 5.04. The molecule has 154 valence electrons. The number of nitrogens with zero attached hydrogens (tertiary/aromatic N) is 6. The molecule has 0 aliphatic carbocycles. The fraction of sp³-hybridized carbons (Fsp3) is 0.286. The molecule has 7 nitrogen and oxygen atoms in total. The van der Waals surface area contributed by atoms with E-state index in [9.17, 15) is 4.79 Å². The van der Waals surface area contributed by atoms with Crippen molar-refractivity contribution < 1.29 is 4.79 Å². The van der Waals surface area contributed by atoms with E-state index >= 15 is 0 Å². The molecule has 1 amide bonds. The first-order valence-electron chi connectivity index (χ1n) is 9.48. The van der Waals surface area contributed by atoms with E-state index in [-0.39, 0.29) is 11.9 Å². The molecular weight excluding hydrogens is 416 g/mol. The van der Waals surface area contributed by atoms with Gasteiger partial charge in [0.25, 0.3) is 11.9 Å². The van der Waals surface area contributed by atoms with E-state index in [1.807, 2.05) is 50.6 Å². The maximum absolute atomic E-state index is 13.1. The largest absolute Gasteiger partial charge is 0.332 e. The lowest BCUT2D eigenvalue weighted by Crippen LogP contribution is -2.30. The Hall–Kier alpha value is -2.91. The van der Waals surface area contributed by atoms with Crippen LogP contribution in [0, 0.1) is 20.8 Å². The molecule has 30 heavy (non-hydrogen) atoms. The van der Waals surface area contributed by atoms with Gasteiger partial charge in [0.1, 0.15) is 5.01 Å². The Balaban J connectivity index is 1.64. The van der Waals surface area contributed by atoms with Gasteiger partial charge in [0.15, 0.2) is 0 Å². The summed E-state index contributed by atoms with van der Waals surface area (Å²) in [6.07, 6.45) is 3.38. The number of amides is 1. The Morgan fingerprint density at radius 1 is 1.17 bits per heavy atom. The summed E-state index contributed by atoms with van der Waals surface area (Å²) in [6.45, 7) is 7.78. The Morgan fingerprint density at radius 2 is 1.97 bits per heavy atom. The van der Waals surface area contributed by atoms with Crippen LogP contribution in [-0.2, 0) is 0 Å². The van der Waals surface area contributed by atoms with Crippen LogP contribution < -0.4 is 0 Å². The Kier molecular flexibility index (Phi) is 5.48. The first-order valence-corrected chi connectivity index (χ1v) is 11.2. The van der Waals surface area contributed by atoms with Gasteiger partial charge in [0.05, 0.1) is 34.1 Å². The van der Waals surface area contributed by atoms with Crippen LogP contribution in [0.3, 0.4) is 0 Å². The number of hydrogen-bond acceptors (Lipinski definition) is 7. The lowest BCUT2D eigenvalue weighted by Gasteiger charge is -2.23. The van der Waals surface area contributed by atoms with Gasteiger partial charge < -0.3 is 4.90 Å². The molecule has 0 spiro atoms. The third-order valence-corrected chi connectivity index (χ3v) is 7.05. The van der Waals surface area contributed by atoms with Gasteiger partial charge >= 0.3 is 0 Å². The highest BCUT2D eigenvalue weighted by Crippen LogP contribution is 2.27. The molecule has 1 unspecified atom stereocenters. The average molecular weight is 439 g/mol. The summed E-state index contributed by atoms with van der Waals surface area (Å²) < 4.78 is 1.62. The first-order chi connectivity index (χ1) is 14.4. The maximum Gasteiger partial charge on any atom is 0.257 e. The normalized spacial score (nSPS) is 12.2. The molecule has 0 aromatic carbocycles. The highest BCUT2D eigenvalue weighted by Gasteiger charge is 2.25. The van der Waals surface area contributed by atoms with Gasteiger partial charge in [-0.15, -0.1) is 22.7 Å². The summed E-state index contributed by atoms with van der Waals surface area (Å²) >= 11 is 3.19. The van der Waals surface area contributed by atoms with Gasteiger partial charge in [0.2, 0.25) is 0 Å². The summed E-state index contributed by atoms with van der Waals surface area (Å²) in [5.74, 6) is 0.344. The van der Waals surface area contributed by atoms with E-state index in [2.05, 4.69) is 15.1 Å². The number of aryl methyl sites for hydroxylation is 2. The lowest BCUT2D eigenvalue weighted by molar-refractivity contribution is 0.0741. The van der Waals surface area contributed by atoms with Crippen LogP contribution in [-0.4, -0.2) is 42.6 Å². The molecule has 0 saturated carbocycles. The van der Waals surface area contributed by atoms with Gasteiger partial charge in [-0.2, -0.15) is 5.10 Å². The van der Waals surface area contributed by atoms with Gasteiger partial charge in [0, 0.05) is 24.3 Å². The van der Waals surface area contributed by atoms with E-state index in [1.54, 1.807) is 51.7 Å². The highest BCUT2D eigenvalue weighted by atomic mass is 32.1. The van der Waals surface area contributed by atoms with Crippen molar-refractivity contribution in [2.75, 3.05) is 7.05 Å². The minimum Gasteiger partial charge on any atom is -0.332 e. The monoisotopic (exact) mass is 438 g/mol. The van der Waals surface area contributed by atoms with Gasteiger partial charge in [-0.05, 0) is 44.7 Å². The number of hydrogen-bond donors (Lipinski definition) is 0. The van der Waals surface area contributed by atoms with E-state index in [1.165, 1.54) is 0 Å². The quantitative estimate of drug-likeness (QED) is 0.455. The molecule has 0 aliphatic heterocycles. The van der Waals surface area contributed by atoms with Crippen molar-refractivity contribution in [1.29, 1.82) is 0 Å². The summed E-state index contributed by atoms with van der Waals surface area (Å²) in [7, 11) is 1.79. The van der Waals surface area contributed by atoms with E-state index in [0.717, 1.165) is 26.8 Å². The van der Waals surface area contributed by atoms with Crippen LogP contribution in [0.5, 0.6) is 0 Å². The minimum atomic E-state index is -0.125. The van der Waals surface area contributed by atoms with Crippen molar-refractivity contribution in [3.8, 4) is 16.5 Å². The molecule has 0 aliphatic rings. The fourth-order valence-corrected chi connectivity index (χ4v) is 4.79. The number of rotatable bonds is 5. The van der Waals surface area contributed by atoms with Crippen molar-refractivity contribution in [3.63, 3.8) is 0 Å². The second-order valence-corrected chi connectivity index (χ2v) is 8.99. The average Bonchev–Trinajstić information content (AvgIpc) is 3.48. The molecule has 0 fully saturated rings. The zero-order valence-corrected chi connectivity index (χ0v) is 19.1. The van der Waals surface area contributed by atoms with Crippen molar-refractivity contribution in [1.82, 2.24) is 29.6 Å². The van der Waals surface area contributed by atoms with Crippen molar-refractivity contribution in [2.45, 2.75) is 33.7 Å². The van der Waals surface area contributed by atoms with Gasteiger partial charge in [-0.1, -0.05) is 6.07 Å². The molecule has 4 rings (SSSR count). The van der Waals surface area contributed by atoms with Gasteiger partial charge in [-0.25, -0.2) is 19.6 Å². The summed E-state index contributed by atoms with van der Waals surface area (Å²) in [4.78, 5) is 29.6. The second kappa shape index (κ2) is 8.08. The molecule has 0 bridgehead atoms. The zero-order chi connectivity index (χ0) is 21.4. The summed E-state index contributed by atoms with van der Waals surface area (Å²) in [5.41, 5.74) is 4.07. The number of aromatic nitrogens is 5. The van der Waals surface area contributed by atoms with Crippen LogP contribution in [0.4, 0.5) is 0 Å². The number of carbonyl (C=O) groups excluding carboxylic acids is 1. The molecular formula is C21H22N6OS2. The molecule has 0 radical (unpaired) electrons. The molecule has 4 aromatic heterocycles. The SMILES string of the molecule is Cc1csc(C(C)N(C)C(=O)c2cnn(-c3ncc(C)c(-c4cccs4)n3)c2C)n1. The smallest absolute Gasteiger partial charge is 0.257 e. The summed E-state index contributed by atoms with van der Waals surface area (Å²) in [5, 5.41) is 9.34. The highest BCUT2D eigenvalue weighted by molar-refractivity contribution is 7.13.